The van der Waals surface area contributed by atoms with Gasteiger partial charge in [0.05, 0.1) is 22.1 Å². The van der Waals surface area contributed by atoms with Crippen LogP contribution in [0.5, 0.6) is 0 Å². The highest BCUT2D eigenvalue weighted by Gasteiger charge is 2.19. The van der Waals surface area contributed by atoms with Crippen molar-refractivity contribution in [2.45, 2.75) is 13.0 Å². The molecule has 6 nitrogen and oxygen atoms in total. The van der Waals surface area contributed by atoms with Gasteiger partial charge in [-0.15, -0.1) is 0 Å². The molecule has 0 bridgehead atoms. The van der Waals surface area contributed by atoms with E-state index in [0.29, 0.717) is 11.1 Å². The SMILES string of the molecule is CC(NC(=O)c1cccnc1)c1ccccc1[N+](=O)[O-]. The molecule has 102 valence electrons. The first kappa shape index (κ1) is 13.7. The Morgan fingerprint density at radius 2 is 2.05 bits per heavy atom. The Bertz CT molecular complexity index is 629. The van der Waals surface area contributed by atoms with Crippen molar-refractivity contribution in [3.8, 4) is 0 Å². The minimum atomic E-state index is -0.468. The van der Waals surface area contributed by atoms with Gasteiger partial charge in [0.25, 0.3) is 11.6 Å². The zero-order valence-corrected chi connectivity index (χ0v) is 10.8. The van der Waals surface area contributed by atoms with Gasteiger partial charge in [-0.3, -0.25) is 19.9 Å². The second-order valence-electron chi connectivity index (χ2n) is 4.25. The molecule has 0 radical (unpaired) electrons. The Kier molecular flexibility index (Phi) is 4.05. The molecule has 0 saturated carbocycles. The van der Waals surface area contributed by atoms with Gasteiger partial charge in [-0.25, -0.2) is 0 Å². The maximum atomic E-state index is 12.0. The van der Waals surface area contributed by atoms with Crippen molar-refractivity contribution >= 4 is 11.6 Å². The van der Waals surface area contributed by atoms with Crippen molar-refractivity contribution in [3.63, 3.8) is 0 Å². The number of nitrogens with one attached hydrogen (secondary N) is 1. The average Bonchev–Trinajstić information content (AvgIpc) is 2.48. The van der Waals surface area contributed by atoms with Crippen LogP contribution in [0.1, 0.15) is 28.9 Å². The van der Waals surface area contributed by atoms with Crippen LogP contribution in [-0.2, 0) is 0 Å². The summed E-state index contributed by atoms with van der Waals surface area (Å²) in [6.07, 6.45) is 3.02. The predicted molar refractivity (Wildman–Crippen MR) is 73.2 cm³/mol. The molecular weight excluding hydrogens is 258 g/mol. The number of amides is 1. The van der Waals surface area contributed by atoms with E-state index in [4.69, 9.17) is 0 Å². The molecule has 1 heterocycles. The number of aromatic nitrogens is 1. The molecule has 0 aliphatic carbocycles. The number of nitrogens with zero attached hydrogens (tertiary/aromatic N) is 2. The third-order valence-electron chi connectivity index (χ3n) is 2.87. The summed E-state index contributed by atoms with van der Waals surface area (Å²) in [4.78, 5) is 26.4. The van der Waals surface area contributed by atoms with Crippen LogP contribution in [0.15, 0.2) is 48.8 Å². The summed E-state index contributed by atoms with van der Waals surface area (Å²) in [6.45, 7) is 1.70. The van der Waals surface area contributed by atoms with Crippen molar-refractivity contribution in [1.82, 2.24) is 10.3 Å². The molecule has 0 spiro atoms. The first-order valence-corrected chi connectivity index (χ1v) is 6.04. The normalized spacial score (nSPS) is 11.7. The van der Waals surface area contributed by atoms with Gasteiger partial charge in [0.15, 0.2) is 0 Å². The lowest BCUT2D eigenvalue weighted by Crippen LogP contribution is -2.27. The quantitative estimate of drug-likeness (QED) is 0.683. The van der Waals surface area contributed by atoms with Crippen LogP contribution < -0.4 is 5.32 Å². The van der Waals surface area contributed by atoms with E-state index in [2.05, 4.69) is 10.3 Å². The molecule has 1 N–H and O–H groups in total. The smallest absolute Gasteiger partial charge is 0.274 e. The zero-order valence-electron chi connectivity index (χ0n) is 10.8. The molecule has 2 aromatic rings. The van der Waals surface area contributed by atoms with Crippen LogP contribution in [0, 0.1) is 10.1 Å². The van der Waals surface area contributed by atoms with E-state index in [1.165, 1.54) is 12.3 Å². The predicted octanol–water partition coefficient (Wildman–Crippen LogP) is 2.48. The fourth-order valence-electron chi connectivity index (χ4n) is 1.87. The van der Waals surface area contributed by atoms with Gasteiger partial charge in [-0.2, -0.15) is 0 Å². The maximum Gasteiger partial charge on any atom is 0.274 e. The Labute approximate surface area is 115 Å². The molecule has 20 heavy (non-hydrogen) atoms. The lowest BCUT2D eigenvalue weighted by molar-refractivity contribution is -0.385. The van der Waals surface area contributed by atoms with E-state index in [1.54, 1.807) is 43.5 Å². The highest BCUT2D eigenvalue weighted by molar-refractivity contribution is 5.94. The van der Waals surface area contributed by atoms with Gasteiger partial charge in [-0.1, -0.05) is 18.2 Å². The van der Waals surface area contributed by atoms with E-state index < -0.39 is 11.0 Å². The summed E-state index contributed by atoms with van der Waals surface area (Å²) < 4.78 is 0. The number of nitro groups is 1. The summed E-state index contributed by atoms with van der Waals surface area (Å²) in [5.41, 5.74) is 0.874. The number of pyridine rings is 1. The Balaban J connectivity index is 2.19. The Morgan fingerprint density at radius 3 is 2.70 bits per heavy atom. The second kappa shape index (κ2) is 5.92. The van der Waals surface area contributed by atoms with E-state index in [1.807, 2.05) is 0 Å². The molecule has 2 rings (SSSR count). The average molecular weight is 271 g/mol. The van der Waals surface area contributed by atoms with Crippen molar-refractivity contribution in [2.75, 3.05) is 0 Å². The fourth-order valence-corrected chi connectivity index (χ4v) is 1.87. The van der Waals surface area contributed by atoms with Crippen molar-refractivity contribution in [2.24, 2.45) is 0 Å². The number of hydrogen-bond acceptors (Lipinski definition) is 4. The molecule has 1 aromatic carbocycles. The number of benzene rings is 1. The van der Waals surface area contributed by atoms with Crippen molar-refractivity contribution in [1.29, 1.82) is 0 Å². The van der Waals surface area contributed by atoms with Crippen LogP contribution in [0.3, 0.4) is 0 Å². The van der Waals surface area contributed by atoms with Gasteiger partial charge in [0, 0.05) is 18.5 Å². The van der Waals surface area contributed by atoms with Gasteiger partial charge in [0.1, 0.15) is 0 Å². The van der Waals surface area contributed by atoms with Crippen molar-refractivity contribution in [3.05, 3.63) is 70.0 Å². The van der Waals surface area contributed by atoms with E-state index >= 15 is 0 Å². The number of carbonyl (C=O) groups is 1. The van der Waals surface area contributed by atoms with Gasteiger partial charge < -0.3 is 5.32 Å². The summed E-state index contributed by atoms with van der Waals surface area (Å²) in [7, 11) is 0. The summed E-state index contributed by atoms with van der Waals surface area (Å²) in [6, 6.07) is 9.17. The largest absolute Gasteiger partial charge is 0.345 e. The summed E-state index contributed by atoms with van der Waals surface area (Å²) in [5, 5.41) is 13.7. The molecule has 0 fully saturated rings. The molecule has 6 heteroatoms. The van der Waals surface area contributed by atoms with Crippen molar-refractivity contribution < 1.29 is 9.72 Å². The third-order valence-corrected chi connectivity index (χ3v) is 2.87. The van der Waals surface area contributed by atoms with Crippen LogP contribution in [0.2, 0.25) is 0 Å². The van der Waals surface area contributed by atoms with Gasteiger partial charge in [0.2, 0.25) is 0 Å². The van der Waals surface area contributed by atoms with E-state index in [9.17, 15) is 14.9 Å². The molecule has 0 aliphatic rings. The van der Waals surface area contributed by atoms with Crippen LogP contribution >= 0.6 is 0 Å². The maximum absolute atomic E-state index is 12.0. The molecular formula is C14H13N3O3. The molecule has 0 aliphatic heterocycles. The number of hydrogen-bond donors (Lipinski definition) is 1. The topological polar surface area (TPSA) is 85.1 Å². The highest BCUT2D eigenvalue weighted by atomic mass is 16.6. The monoisotopic (exact) mass is 271 g/mol. The van der Waals surface area contributed by atoms with E-state index in [-0.39, 0.29) is 11.6 Å². The number of rotatable bonds is 4. The van der Waals surface area contributed by atoms with E-state index in [0.717, 1.165) is 0 Å². The third kappa shape index (κ3) is 2.97. The molecule has 1 aromatic heterocycles. The Morgan fingerprint density at radius 1 is 1.30 bits per heavy atom. The standard InChI is InChI=1S/C14H13N3O3/c1-10(12-6-2-3-7-13(12)17(19)20)16-14(18)11-5-4-8-15-9-11/h2-10H,1H3,(H,16,18). The first-order valence-electron chi connectivity index (χ1n) is 6.04. The second-order valence-corrected chi connectivity index (χ2v) is 4.25. The molecule has 1 amide bonds. The summed E-state index contributed by atoms with van der Waals surface area (Å²) in [5.74, 6) is -0.316. The Hall–Kier alpha value is -2.76. The number of nitro benzene ring substituents is 1. The lowest BCUT2D eigenvalue weighted by atomic mass is 10.1. The van der Waals surface area contributed by atoms with Crippen LogP contribution in [-0.4, -0.2) is 15.8 Å². The lowest BCUT2D eigenvalue weighted by Gasteiger charge is -2.14. The fraction of sp³-hybridized carbons (Fsp3) is 0.143. The minimum Gasteiger partial charge on any atom is -0.345 e. The van der Waals surface area contributed by atoms with Gasteiger partial charge >= 0.3 is 0 Å². The van der Waals surface area contributed by atoms with Gasteiger partial charge in [-0.05, 0) is 19.1 Å². The van der Waals surface area contributed by atoms with Crippen LogP contribution in [0.4, 0.5) is 5.69 Å². The summed E-state index contributed by atoms with van der Waals surface area (Å²) >= 11 is 0. The highest BCUT2D eigenvalue weighted by Crippen LogP contribution is 2.24. The molecule has 0 saturated heterocycles. The molecule has 1 atom stereocenters. The molecule has 1 unspecified atom stereocenters. The van der Waals surface area contributed by atoms with Crippen LogP contribution in [0.25, 0.3) is 0 Å². The minimum absolute atomic E-state index is 0.00788. The number of para-hydroxylation sites is 1. The number of carbonyl (C=O) groups excluding carboxylic acids is 1. The first-order chi connectivity index (χ1) is 9.59. The zero-order chi connectivity index (χ0) is 14.5.